The summed E-state index contributed by atoms with van der Waals surface area (Å²) < 4.78 is 0. The Labute approximate surface area is 153 Å². The van der Waals surface area contributed by atoms with Gasteiger partial charge in [0.05, 0.1) is 23.3 Å². The molecule has 8 nitrogen and oxygen atoms in total. The lowest BCUT2D eigenvalue weighted by molar-refractivity contribution is 0.969. The third-order valence-corrected chi connectivity index (χ3v) is 3.58. The van der Waals surface area contributed by atoms with Crippen molar-refractivity contribution in [1.82, 2.24) is 20.4 Å². The fraction of sp³-hybridized carbons (Fsp3) is 0.278. The minimum Gasteiger partial charge on any atom is -0.396 e. The number of rotatable bonds is 4. The third kappa shape index (κ3) is 4.09. The summed E-state index contributed by atoms with van der Waals surface area (Å²) in [6.45, 7) is 4.25. The molecule has 0 aliphatic carbocycles. The van der Waals surface area contributed by atoms with Gasteiger partial charge in [0.2, 0.25) is 0 Å². The first-order valence-electron chi connectivity index (χ1n) is 8.43. The van der Waals surface area contributed by atoms with Crippen molar-refractivity contribution in [3.05, 3.63) is 36.7 Å². The van der Waals surface area contributed by atoms with E-state index in [0.717, 1.165) is 22.5 Å². The highest BCUT2D eigenvalue weighted by atomic mass is 15.2. The van der Waals surface area contributed by atoms with Gasteiger partial charge in [0, 0.05) is 37.0 Å². The fourth-order valence-corrected chi connectivity index (χ4v) is 2.35. The zero-order chi connectivity index (χ0) is 19.1. The number of nitrogen functional groups attached to an aromatic ring is 2. The van der Waals surface area contributed by atoms with Crippen molar-refractivity contribution < 1.29 is 0 Å². The van der Waals surface area contributed by atoms with Crippen LogP contribution in [-0.4, -0.2) is 34.5 Å². The zero-order valence-electron chi connectivity index (χ0n) is 15.6. The maximum absolute atomic E-state index is 6.26. The molecule has 8 heteroatoms. The smallest absolute Gasteiger partial charge is 0.150 e. The van der Waals surface area contributed by atoms with Crippen LogP contribution in [0, 0.1) is 0 Å². The molecule has 0 bridgehead atoms. The average Bonchev–Trinajstić information content (AvgIpc) is 3.16. The molecule has 26 heavy (non-hydrogen) atoms. The molecule has 0 saturated heterocycles. The zero-order valence-corrected chi connectivity index (χ0v) is 15.6. The van der Waals surface area contributed by atoms with Gasteiger partial charge in [-0.3, -0.25) is 10.9 Å². The number of aromatic amines is 1. The molecular weight excluding hydrogens is 328 g/mol. The summed E-state index contributed by atoms with van der Waals surface area (Å²) in [5, 5.41) is 15.1. The molecule has 3 rings (SSSR count). The Hall–Kier alpha value is -3.13. The molecule has 2 aromatic heterocycles. The van der Waals surface area contributed by atoms with E-state index in [4.69, 9.17) is 11.6 Å². The molecule has 138 valence electrons. The Morgan fingerprint density at radius 1 is 1.08 bits per heavy atom. The summed E-state index contributed by atoms with van der Waals surface area (Å²) in [6.07, 6.45) is 4.73. The van der Waals surface area contributed by atoms with Gasteiger partial charge in [-0.25, -0.2) is 0 Å². The average molecular weight is 354 g/mol. The van der Waals surface area contributed by atoms with Crippen LogP contribution in [-0.2, 0) is 0 Å². The molecular formula is C18H26N8. The molecule has 0 aliphatic rings. The van der Waals surface area contributed by atoms with E-state index in [0.29, 0.717) is 17.1 Å². The molecule has 1 aromatic carbocycles. The monoisotopic (exact) mass is 354 g/mol. The number of aromatic nitrogens is 4. The van der Waals surface area contributed by atoms with Crippen molar-refractivity contribution in [2.24, 2.45) is 5.84 Å². The third-order valence-electron chi connectivity index (χ3n) is 3.58. The largest absolute Gasteiger partial charge is 0.396 e. The summed E-state index contributed by atoms with van der Waals surface area (Å²) >= 11 is 0. The van der Waals surface area contributed by atoms with Crippen molar-refractivity contribution in [2.45, 2.75) is 20.3 Å². The molecule has 0 saturated carbocycles. The molecule has 3 aromatic rings. The second kappa shape index (κ2) is 8.82. The minimum atomic E-state index is 0.532. The molecule has 0 fully saturated rings. The highest BCUT2D eigenvalue weighted by molar-refractivity contribution is 5.93. The first kappa shape index (κ1) is 19.2. The van der Waals surface area contributed by atoms with E-state index in [2.05, 4.69) is 39.7 Å². The first-order valence-corrected chi connectivity index (χ1v) is 8.43. The Morgan fingerprint density at radius 2 is 1.77 bits per heavy atom. The number of anilines is 3. The lowest BCUT2D eigenvalue weighted by Crippen LogP contribution is -2.13. The second-order valence-electron chi connectivity index (χ2n) is 5.96. The van der Waals surface area contributed by atoms with Gasteiger partial charge in [0.25, 0.3) is 0 Å². The van der Waals surface area contributed by atoms with Gasteiger partial charge < -0.3 is 16.1 Å². The van der Waals surface area contributed by atoms with Crippen LogP contribution in [0.3, 0.4) is 0 Å². The van der Waals surface area contributed by atoms with E-state index in [9.17, 15) is 0 Å². The normalized spacial score (nSPS) is 10.0. The summed E-state index contributed by atoms with van der Waals surface area (Å²) in [6, 6.07) is 7.60. The van der Waals surface area contributed by atoms with E-state index in [-0.39, 0.29) is 0 Å². The van der Waals surface area contributed by atoms with Crippen molar-refractivity contribution >= 4 is 17.2 Å². The first-order chi connectivity index (χ1) is 12.5. The maximum atomic E-state index is 6.26. The predicted molar refractivity (Wildman–Crippen MR) is 108 cm³/mol. The van der Waals surface area contributed by atoms with Crippen molar-refractivity contribution in [1.29, 1.82) is 0 Å². The molecule has 0 unspecified atom stereocenters. The van der Waals surface area contributed by atoms with Crippen molar-refractivity contribution in [3.63, 3.8) is 0 Å². The topological polar surface area (TPSA) is 122 Å². The number of hydrazine groups is 1. The minimum absolute atomic E-state index is 0.532. The van der Waals surface area contributed by atoms with Gasteiger partial charge in [0.1, 0.15) is 0 Å². The Balaban J connectivity index is 0.000000758. The van der Waals surface area contributed by atoms with Crippen LogP contribution in [0.15, 0.2) is 36.7 Å². The fourth-order valence-electron chi connectivity index (χ4n) is 2.35. The Morgan fingerprint density at radius 3 is 2.27 bits per heavy atom. The van der Waals surface area contributed by atoms with Crippen LogP contribution in [0.2, 0.25) is 0 Å². The molecule has 0 amide bonds. The standard InChI is InChI=1S/C15H18N8.C3H8/c1-23(2)13-6-5-12(21-22-13)11-4-3-10(9-7-18-19-8-9)14(16)15(11)20-17;1-3-2/h3-8,20H,16-17H2,1-2H3,(H,18,19);3H2,1-2H3. The highest BCUT2D eigenvalue weighted by Crippen LogP contribution is 2.38. The highest BCUT2D eigenvalue weighted by Gasteiger charge is 2.15. The molecule has 0 radical (unpaired) electrons. The van der Waals surface area contributed by atoms with Crippen LogP contribution < -0.4 is 21.9 Å². The summed E-state index contributed by atoms with van der Waals surface area (Å²) in [7, 11) is 3.82. The number of nitrogens with one attached hydrogen (secondary N) is 2. The van der Waals surface area contributed by atoms with Gasteiger partial charge in [-0.1, -0.05) is 26.3 Å². The summed E-state index contributed by atoms with van der Waals surface area (Å²) in [5.74, 6) is 6.46. The van der Waals surface area contributed by atoms with Crippen LogP contribution in [0.4, 0.5) is 17.2 Å². The quantitative estimate of drug-likeness (QED) is 0.323. The van der Waals surface area contributed by atoms with Gasteiger partial charge >= 0.3 is 0 Å². The van der Waals surface area contributed by atoms with E-state index in [1.54, 1.807) is 12.4 Å². The summed E-state index contributed by atoms with van der Waals surface area (Å²) in [5.41, 5.74) is 13.3. The second-order valence-corrected chi connectivity index (χ2v) is 5.96. The lowest BCUT2D eigenvalue weighted by atomic mass is 10.0. The van der Waals surface area contributed by atoms with E-state index >= 15 is 0 Å². The number of nitrogens with two attached hydrogens (primary N) is 2. The van der Waals surface area contributed by atoms with Gasteiger partial charge in [-0.2, -0.15) is 5.10 Å². The number of hydrogen-bond acceptors (Lipinski definition) is 7. The van der Waals surface area contributed by atoms with Crippen molar-refractivity contribution in [3.8, 4) is 22.4 Å². The van der Waals surface area contributed by atoms with Crippen LogP contribution in [0.1, 0.15) is 20.3 Å². The molecule has 6 N–H and O–H groups in total. The number of nitrogens with zero attached hydrogens (tertiary/aromatic N) is 4. The molecule has 2 heterocycles. The van der Waals surface area contributed by atoms with E-state index < -0.39 is 0 Å². The molecule has 0 atom stereocenters. The van der Waals surface area contributed by atoms with Crippen LogP contribution in [0.25, 0.3) is 22.4 Å². The molecule has 0 aliphatic heterocycles. The number of H-pyrrole nitrogens is 1. The Kier molecular flexibility index (Phi) is 6.51. The van der Waals surface area contributed by atoms with Crippen molar-refractivity contribution in [2.75, 3.05) is 30.2 Å². The van der Waals surface area contributed by atoms with Gasteiger partial charge in [-0.15, -0.1) is 10.2 Å². The lowest BCUT2D eigenvalue weighted by Gasteiger charge is -2.15. The predicted octanol–water partition coefficient (Wildman–Crippen LogP) is 2.88. The number of hydrogen-bond donors (Lipinski definition) is 4. The van der Waals surface area contributed by atoms with Crippen LogP contribution >= 0.6 is 0 Å². The van der Waals surface area contributed by atoms with E-state index in [1.807, 2.05) is 43.3 Å². The Bertz CT molecular complexity index is 810. The maximum Gasteiger partial charge on any atom is 0.150 e. The van der Waals surface area contributed by atoms with Gasteiger partial charge in [0.15, 0.2) is 5.82 Å². The van der Waals surface area contributed by atoms with E-state index in [1.165, 1.54) is 6.42 Å². The summed E-state index contributed by atoms with van der Waals surface area (Å²) in [4.78, 5) is 1.88. The molecule has 0 spiro atoms. The SMILES string of the molecule is CCC.CN(C)c1ccc(-c2ccc(-c3cn[nH]c3)c(N)c2NN)nn1. The van der Waals surface area contributed by atoms with Crippen LogP contribution in [0.5, 0.6) is 0 Å². The number of benzene rings is 1. The van der Waals surface area contributed by atoms with Gasteiger partial charge in [-0.05, 0) is 18.2 Å².